The van der Waals surface area contributed by atoms with Crippen molar-refractivity contribution in [2.24, 2.45) is 0 Å². The summed E-state index contributed by atoms with van der Waals surface area (Å²) in [7, 11) is 0. The Kier molecular flexibility index (Phi) is 4.42. The van der Waals surface area contributed by atoms with Gasteiger partial charge >= 0.3 is 0 Å². The van der Waals surface area contributed by atoms with Crippen LogP contribution < -0.4 is 0 Å². The summed E-state index contributed by atoms with van der Waals surface area (Å²) in [5, 5.41) is 2.24. The summed E-state index contributed by atoms with van der Waals surface area (Å²) in [6, 6.07) is 5.87. The maximum atomic E-state index is 6.04. The second-order valence-corrected chi connectivity index (χ2v) is 6.20. The van der Waals surface area contributed by atoms with Crippen molar-refractivity contribution in [3.63, 3.8) is 0 Å². The zero-order valence-corrected chi connectivity index (χ0v) is 13.0. The molecule has 0 aliphatic heterocycles. The van der Waals surface area contributed by atoms with E-state index in [2.05, 4.69) is 41.8 Å². The van der Waals surface area contributed by atoms with Gasteiger partial charge in [0.05, 0.1) is 0 Å². The van der Waals surface area contributed by atoms with Gasteiger partial charge in [0.25, 0.3) is 0 Å². The number of halogens is 1. The third-order valence-corrected chi connectivity index (χ3v) is 3.52. The van der Waals surface area contributed by atoms with Crippen LogP contribution in [0, 0.1) is 13.8 Å². The Morgan fingerprint density at radius 2 is 1.68 bits per heavy atom. The minimum atomic E-state index is 0.255. The van der Waals surface area contributed by atoms with Gasteiger partial charge in [0.15, 0.2) is 0 Å². The molecule has 0 N–H and O–H groups in total. The molecule has 0 bridgehead atoms. The van der Waals surface area contributed by atoms with Crippen molar-refractivity contribution in [2.75, 3.05) is 0 Å². The predicted molar refractivity (Wildman–Crippen MR) is 79.0 cm³/mol. The van der Waals surface area contributed by atoms with Crippen LogP contribution in [0.25, 0.3) is 0 Å². The number of aromatic nitrogens is 3. The van der Waals surface area contributed by atoms with E-state index in [4.69, 9.17) is 11.6 Å². The lowest BCUT2D eigenvalue weighted by Gasteiger charge is -2.07. The van der Waals surface area contributed by atoms with Gasteiger partial charge in [-0.05, 0) is 43.3 Å². The van der Waals surface area contributed by atoms with Crippen molar-refractivity contribution in [1.82, 2.24) is 15.0 Å². The van der Waals surface area contributed by atoms with Gasteiger partial charge in [0, 0.05) is 17.7 Å². The molecular weight excluding hydrogens is 278 g/mol. The van der Waals surface area contributed by atoms with Crippen LogP contribution in [0.1, 0.15) is 36.8 Å². The van der Waals surface area contributed by atoms with E-state index in [-0.39, 0.29) is 5.92 Å². The molecule has 19 heavy (non-hydrogen) atoms. The fourth-order valence-electron chi connectivity index (χ4n) is 1.69. The summed E-state index contributed by atoms with van der Waals surface area (Å²) in [5.41, 5.74) is 2.20. The average Bonchev–Trinajstić information content (AvgIpc) is 2.26. The number of hydrogen-bond donors (Lipinski definition) is 0. The van der Waals surface area contributed by atoms with Gasteiger partial charge in [-0.15, -0.1) is 0 Å². The molecule has 5 heteroatoms. The third-order valence-electron chi connectivity index (χ3n) is 2.49. The predicted octanol–water partition coefficient (Wildman–Crippen LogP) is 4.42. The lowest BCUT2D eigenvalue weighted by Crippen LogP contribution is -1.99. The molecule has 2 aromatic rings. The molecule has 3 nitrogen and oxygen atoms in total. The van der Waals surface area contributed by atoms with E-state index in [9.17, 15) is 0 Å². The average molecular weight is 294 g/mol. The normalized spacial score (nSPS) is 11.1. The van der Waals surface area contributed by atoms with Crippen molar-refractivity contribution in [2.45, 2.75) is 43.7 Å². The number of nitrogens with zero attached hydrogens (tertiary/aromatic N) is 3. The van der Waals surface area contributed by atoms with E-state index in [1.165, 1.54) is 17.3 Å². The lowest BCUT2D eigenvalue weighted by molar-refractivity contribution is 0.753. The van der Waals surface area contributed by atoms with Crippen LogP contribution >= 0.6 is 23.4 Å². The first-order chi connectivity index (χ1) is 8.94. The van der Waals surface area contributed by atoms with E-state index in [1.54, 1.807) is 6.07 Å². The van der Waals surface area contributed by atoms with Crippen molar-refractivity contribution in [1.29, 1.82) is 0 Å². The molecule has 0 saturated carbocycles. The molecule has 0 aliphatic carbocycles. The van der Waals surface area contributed by atoms with Crippen LogP contribution in [0.3, 0.4) is 0 Å². The molecular formula is C14H16ClN3S. The Morgan fingerprint density at radius 1 is 1.00 bits per heavy atom. The van der Waals surface area contributed by atoms with Crippen LogP contribution in [0.15, 0.2) is 28.3 Å². The molecule has 0 atom stereocenters. The molecule has 2 rings (SSSR count). The first kappa shape index (κ1) is 14.3. The minimum Gasteiger partial charge on any atom is -0.246 e. The Labute approximate surface area is 122 Å². The zero-order chi connectivity index (χ0) is 14.0. The fraction of sp³-hybridized carbons (Fsp3) is 0.357. The molecule has 0 fully saturated rings. The van der Waals surface area contributed by atoms with E-state index in [1.807, 2.05) is 13.0 Å². The number of hydrogen-bond acceptors (Lipinski definition) is 4. The first-order valence-electron chi connectivity index (χ1n) is 6.11. The Hall–Kier alpha value is -1.13. The van der Waals surface area contributed by atoms with Crippen LogP contribution in [-0.2, 0) is 0 Å². The quantitative estimate of drug-likeness (QED) is 0.785. The molecule has 2 aromatic heterocycles. The van der Waals surface area contributed by atoms with Crippen molar-refractivity contribution in [3.05, 3.63) is 40.4 Å². The largest absolute Gasteiger partial charge is 0.246 e. The summed E-state index contributed by atoms with van der Waals surface area (Å²) < 4.78 is 0. The highest BCUT2D eigenvalue weighted by Gasteiger charge is 2.09. The first-order valence-corrected chi connectivity index (χ1v) is 7.31. The monoisotopic (exact) mass is 293 g/mol. The molecule has 0 spiro atoms. The van der Waals surface area contributed by atoms with Crippen LogP contribution in [-0.4, -0.2) is 15.0 Å². The second-order valence-electron chi connectivity index (χ2n) is 4.77. The van der Waals surface area contributed by atoms with Crippen molar-refractivity contribution in [3.8, 4) is 0 Å². The molecule has 0 amide bonds. The highest BCUT2D eigenvalue weighted by Crippen LogP contribution is 2.28. The second kappa shape index (κ2) is 5.88. The van der Waals surface area contributed by atoms with Gasteiger partial charge in [-0.2, -0.15) is 0 Å². The number of rotatable bonds is 3. The van der Waals surface area contributed by atoms with Crippen molar-refractivity contribution >= 4 is 23.4 Å². The molecule has 2 heterocycles. The highest BCUT2D eigenvalue weighted by molar-refractivity contribution is 7.99. The van der Waals surface area contributed by atoms with Gasteiger partial charge < -0.3 is 0 Å². The van der Waals surface area contributed by atoms with Gasteiger partial charge in [-0.1, -0.05) is 25.4 Å². The molecule has 0 radical (unpaired) electrons. The summed E-state index contributed by atoms with van der Waals surface area (Å²) in [6.45, 7) is 8.15. The Balaban J connectivity index is 2.32. The summed E-state index contributed by atoms with van der Waals surface area (Å²) in [4.78, 5) is 13.2. The van der Waals surface area contributed by atoms with Gasteiger partial charge in [-0.25, -0.2) is 15.0 Å². The number of pyridine rings is 1. The highest BCUT2D eigenvalue weighted by atomic mass is 35.5. The molecule has 100 valence electrons. The van der Waals surface area contributed by atoms with Gasteiger partial charge in [-0.3, -0.25) is 0 Å². The maximum absolute atomic E-state index is 6.04. The smallest absolute Gasteiger partial charge is 0.133 e. The Bertz CT molecular complexity index is 579. The Morgan fingerprint density at radius 3 is 2.32 bits per heavy atom. The van der Waals surface area contributed by atoms with E-state index in [0.717, 1.165) is 21.6 Å². The fourth-order valence-corrected chi connectivity index (χ4v) is 2.90. The van der Waals surface area contributed by atoms with E-state index in [0.29, 0.717) is 5.15 Å². The topological polar surface area (TPSA) is 38.7 Å². The molecule has 0 aromatic carbocycles. The summed E-state index contributed by atoms with van der Waals surface area (Å²) in [6.07, 6.45) is 0. The third kappa shape index (κ3) is 3.91. The van der Waals surface area contributed by atoms with Crippen LogP contribution in [0.4, 0.5) is 0 Å². The van der Waals surface area contributed by atoms with E-state index >= 15 is 0 Å². The van der Waals surface area contributed by atoms with E-state index < -0.39 is 0 Å². The maximum Gasteiger partial charge on any atom is 0.133 e. The standard InChI is InChI=1S/C14H16ClN3S/c1-8(2)14-17-11(15)7-13(18-14)19-12-6-9(3)5-10(4)16-12/h5-8H,1-4H3. The lowest BCUT2D eigenvalue weighted by atomic mass is 10.2. The van der Waals surface area contributed by atoms with Gasteiger partial charge in [0.2, 0.25) is 0 Å². The van der Waals surface area contributed by atoms with Crippen molar-refractivity contribution < 1.29 is 0 Å². The summed E-state index contributed by atoms with van der Waals surface area (Å²) >= 11 is 7.55. The van der Waals surface area contributed by atoms with Crippen LogP contribution in [0.2, 0.25) is 5.15 Å². The SMILES string of the molecule is Cc1cc(C)nc(Sc2cc(Cl)nc(C(C)C)n2)c1. The molecule has 0 saturated heterocycles. The zero-order valence-electron chi connectivity index (χ0n) is 11.4. The summed E-state index contributed by atoms with van der Waals surface area (Å²) in [5.74, 6) is 1.02. The molecule has 0 unspecified atom stereocenters. The minimum absolute atomic E-state index is 0.255. The van der Waals surface area contributed by atoms with Crippen LogP contribution in [0.5, 0.6) is 0 Å². The number of aryl methyl sites for hydroxylation is 2. The molecule has 0 aliphatic rings. The van der Waals surface area contributed by atoms with Gasteiger partial charge in [0.1, 0.15) is 21.0 Å².